The molecule has 0 N–H and O–H groups in total. The number of carbonyl (C=O) groups is 1. The smallest absolute Gasteiger partial charge is 0.336 e. The fourth-order valence-corrected chi connectivity index (χ4v) is 3.72. The summed E-state index contributed by atoms with van der Waals surface area (Å²) in [5.41, 5.74) is 1.33. The van der Waals surface area contributed by atoms with E-state index in [1.165, 1.54) is 4.68 Å². The number of hydrogen-bond acceptors (Lipinski definition) is 5. The number of amides is 1. The van der Waals surface area contributed by atoms with E-state index in [0.29, 0.717) is 12.2 Å². The lowest BCUT2D eigenvalue weighted by atomic mass is 10.2. The lowest BCUT2D eigenvalue weighted by molar-refractivity contribution is 0.0632. The number of hydrogen-bond donors (Lipinski definition) is 0. The molecule has 3 aromatic rings. The first-order valence-corrected chi connectivity index (χ1v) is 9.25. The number of rotatable bonds is 4. The minimum Gasteiger partial charge on any atom is -0.336 e. The molecule has 0 radical (unpaired) electrons. The lowest BCUT2D eigenvalue weighted by Crippen LogP contribution is -2.49. The maximum atomic E-state index is 12.3. The number of fused-ring (bicyclic) bond motifs is 1. The fourth-order valence-electron chi connectivity index (χ4n) is 3.09. The molecular weight excluding hydrogens is 338 g/mol. The van der Waals surface area contributed by atoms with Crippen LogP contribution >= 0.6 is 11.3 Å². The third-order valence-corrected chi connectivity index (χ3v) is 5.23. The second-order valence-corrected chi connectivity index (χ2v) is 6.86. The second-order valence-electron chi connectivity index (χ2n) is 6.08. The Balaban J connectivity index is 1.33. The molecule has 0 spiro atoms. The first-order chi connectivity index (χ1) is 12.2. The van der Waals surface area contributed by atoms with E-state index >= 15 is 0 Å². The van der Waals surface area contributed by atoms with E-state index in [2.05, 4.69) is 10.00 Å². The van der Waals surface area contributed by atoms with Crippen LogP contribution in [0, 0.1) is 0 Å². The molecule has 0 aromatic carbocycles. The molecule has 7 nitrogen and oxygen atoms in total. The quantitative estimate of drug-likeness (QED) is 0.699. The Morgan fingerprint density at radius 1 is 1.12 bits per heavy atom. The van der Waals surface area contributed by atoms with Crippen LogP contribution in [-0.2, 0) is 6.54 Å². The van der Waals surface area contributed by atoms with Crippen molar-refractivity contribution in [1.29, 1.82) is 0 Å². The molecule has 0 saturated carbocycles. The standard InChI is InChI=1S/C17H19N5O2S/c23-16(14-4-12-25-13-14)20-9-6-19(7-10-20)8-11-22-17(24)21-5-2-1-3-15(21)18-22/h1-5,12-13H,6-11H2. The first-order valence-electron chi connectivity index (χ1n) is 8.30. The summed E-state index contributed by atoms with van der Waals surface area (Å²) in [5.74, 6) is 0.109. The molecule has 0 aliphatic carbocycles. The van der Waals surface area contributed by atoms with Gasteiger partial charge in [0.2, 0.25) is 0 Å². The number of aromatic nitrogens is 3. The van der Waals surface area contributed by atoms with E-state index < -0.39 is 0 Å². The summed E-state index contributed by atoms with van der Waals surface area (Å²) in [6.45, 7) is 4.38. The van der Waals surface area contributed by atoms with Gasteiger partial charge >= 0.3 is 5.69 Å². The minimum atomic E-state index is -0.109. The molecule has 8 heteroatoms. The molecule has 1 aliphatic rings. The predicted molar refractivity (Wildman–Crippen MR) is 96.1 cm³/mol. The van der Waals surface area contributed by atoms with Gasteiger partial charge in [0.1, 0.15) is 0 Å². The van der Waals surface area contributed by atoms with Gasteiger partial charge < -0.3 is 4.90 Å². The van der Waals surface area contributed by atoms with E-state index in [1.807, 2.05) is 39.9 Å². The van der Waals surface area contributed by atoms with Gasteiger partial charge in [-0.15, -0.1) is 5.10 Å². The van der Waals surface area contributed by atoms with E-state index in [-0.39, 0.29) is 11.6 Å². The van der Waals surface area contributed by atoms with Crippen LogP contribution in [0.3, 0.4) is 0 Å². The van der Waals surface area contributed by atoms with E-state index in [9.17, 15) is 9.59 Å². The molecule has 0 unspecified atom stereocenters. The Labute approximate surface area is 148 Å². The maximum absolute atomic E-state index is 12.3. The predicted octanol–water partition coefficient (Wildman–Crippen LogP) is 1.02. The van der Waals surface area contributed by atoms with Crippen molar-refractivity contribution in [3.8, 4) is 0 Å². The third kappa shape index (κ3) is 3.22. The van der Waals surface area contributed by atoms with Crippen molar-refractivity contribution in [1.82, 2.24) is 24.0 Å². The second kappa shape index (κ2) is 6.81. The van der Waals surface area contributed by atoms with Crippen LogP contribution in [0.1, 0.15) is 10.4 Å². The van der Waals surface area contributed by atoms with Gasteiger partial charge in [-0.3, -0.25) is 14.1 Å². The average Bonchev–Trinajstić information content (AvgIpc) is 3.29. The van der Waals surface area contributed by atoms with E-state index in [4.69, 9.17) is 0 Å². The van der Waals surface area contributed by atoms with Crippen LogP contribution < -0.4 is 5.69 Å². The van der Waals surface area contributed by atoms with Crippen molar-refractivity contribution < 1.29 is 4.79 Å². The molecule has 25 heavy (non-hydrogen) atoms. The van der Waals surface area contributed by atoms with Gasteiger partial charge in [-0.25, -0.2) is 9.48 Å². The molecule has 1 amide bonds. The van der Waals surface area contributed by atoms with Crippen LogP contribution in [0.2, 0.25) is 0 Å². The van der Waals surface area contributed by atoms with Crippen molar-refractivity contribution in [3.63, 3.8) is 0 Å². The lowest BCUT2D eigenvalue weighted by Gasteiger charge is -2.34. The third-order valence-electron chi connectivity index (χ3n) is 4.54. The van der Waals surface area contributed by atoms with Crippen molar-refractivity contribution in [2.75, 3.05) is 32.7 Å². The molecule has 1 aliphatic heterocycles. The summed E-state index contributed by atoms with van der Waals surface area (Å²) in [7, 11) is 0. The summed E-state index contributed by atoms with van der Waals surface area (Å²) in [6, 6.07) is 7.39. The highest BCUT2D eigenvalue weighted by atomic mass is 32.1. The van der Waals surface area contributed by atoms with Crippen LogP contribution in [0.15, 0.2) is 46.0 Å². The Morgan fingerprint density at radius 3 is 2.68 bits per heavy atom. The van der Waals surface area contributed by atoms with E-state index in [0.717, 1.165) is 38.3 Å². The Kier molecular flexibility index (Phi) is 4.37. The van der Waals surface area contributed by atoms with Gasteiger partial charge in [-0.1, -0.05) is 6.07 Å². The summed E-state index contributed by atoms with van der Waals surface area (Å²) in [5, 5.41) is 8.17. The Morgan fingerprint density at radius 2 is 1.96 bits per heavy atom. The molecule has 4 heterocycles. The number of nitrogens with zero attached hydrogens (tertiary/aromatic N) is 5. The molecule has 4 rings (SSSR count). The van der Waals surface area contributed by atoms with Crippen LogP contribution in [0.4, 0.5) is 0 Å². The molecule has 0 atom stereocenters. The summed E-state index contributed by atoms with van der Waals surface area (Å²) in [6.07, 6.45) is 1.73. The summed E-state index contributed by atoms with van der Waals surface area (Å²) in [4.78, 5) is 28.8. The van der Waals surface area contributed by atoms with Gasteiger partial charge in [0.05, 0.1) is 12.1 Å². The van der Waals surface area contributed by atoms with Gasteiger partial charge in [-0.05, 0) is 23.6 Å². The molecule has 3 aromatic heterocycles. The molecule has 0 bridgehead atoms. The number of pyridine rings is 1. The zero-order chi connectivity index (χ0) is 17.2. The highest BCUT2D eigenvalue weighted by Crippen LogP contribution is 2.12. The fraction of sp³-hybridized carbons (Fsp3) is 0.353. The van der Waals surface area contributed by atoms with Gasteiger partial charge in [-0.2, -0.15) is 11.3 Å². The van der Waals surface area contributed by atoms with Crippen molar-refractivity contribution in [2.45, 2.75) is 6.54 Å². The SMILES string of the molecule is O=C(c1ccsc1)N1CCN(CCn2nc3ccccn3c2=O)CC1. The number of piperazine rings is 1. The summed E-state index contributed by atoms with van der Waals surface area (Å²) < 4.78 is 3.07. The topological polar surface area (TPSA) is 62.9 Å². The zero-order valence-electron chi connectivity index (χ0n) is 13.7. The normalized spacial score (nSPS) is 15.8. The Hall–Kier alpha value is -2.45. The highest BCUT2D eigenvalue weighted by Gasteiger charge is 2.22. The largest absolute Gasteiger partial charge is 0.350 e. The van der Waals surface area contributed by atoms with Crippen molar-refractivity contribution >= 4 is 22.9 Å². The molecule has 1 fully saturated rings. The van der Waals surface area contributed by atoms with Gasteiger partial charge in [0, 0.05) is 44.3 Å². The van der Waals surface area contributed by atoms with Crippen LogP contribution in [0.25, 0.3) is 5.65 Å². The maximum Gasteiger partial charge on any atom is 0.350 e. The molecule has 1 saturated heterocycles. The minimum absolute atomic E-state index is 0.109. The van der Waals surface area contributed by atoms with Gasteiger partial charge in [0.15, 0.2) is 5.65 Å². The first kappa shape index (κ1) is 16.0. The molecule has 130 valence electrons. The monoisotopic (exact) mass is 357 g/mol. The van der Waals surface area contributed by atoms with Crippen molar-refractivity contribution in [2.24, 2.45) is 0 Å². The molecular formula is C17H19N5O2S. The Bertz CT molecular complexity index is 922. The number of carbonyl (C=O) groups excluding carboxylic acids is 1. The van der Waals surface area contributed by atoms with Crippen LogP contribution in [-0.4, -0.2) is 62.6 Å². The highest BCUT2D eigenvalue weighted by molar-refractivity contribution is 7.08. The average molecular weight is 357 g/mol. The van der Waals surface area contributed by atoms with E-state index in [1.54, 1.807) is 21.9 Å². The van der Waals surface area contributed by atoms with Crippen LogP contribution in [0.5, 0.6) is 0 Å². The van der Waals surface area contributed by atoms with Gasteiger partial charge in [0.25, 0.3) is 5.91 Å². The van der Waals surface area contributed by atoms with Crippen molar-refractivity contribution in [3.05, 3.63) is 57.3 Å². The summed E-state index contributed by atoms with van der Waals surface area (Å²) >= 11 is 1.54. The zero-order valence-corrected chi connectivity index (χ0v) is 14.6. The number of thiophene rings is 1.